The van der Waals surface area contributed by atoms with Crippen LogP contribution < -0.4 is 16.4 Å². The maximum absolute atomic E-state index is 12.3. The molecule has 0 saturated heterocycles. The molecule has 2 atom stereocenters. The molecule has 1 fully saturated rings. The Bertz CT molecular complexity index is 499. The largest absolute Gasteiger partial charge is 0.349 e. The van der Waals surface area contributed by atoms with Gasteiger partial charge in [-0.05, 0) is 49.6 Å². The lowest BCUT2D eigenvalue weighted by molar-refractivity contribution is -0.114. The van der Waals surface area contributed by atoms with Crippen molar-refractivity contribution in [1.29, 1.82) is 0 Å². The van der Waals surface area contributed by atoms with Crippen LogP contribution in [0.25, 0.3) is 0 Å². The van der Waals surface area contributed by atoms with Crippen molar-refractivity contribution in [3.8, 4) is 0 Å². The Balaban J connectivity index is 1.97. The third kappa shape index (κ3) is 4.29. The van der Waals surface area contributed by atoms with E-state index in [0.717, 1.165) is 19.3 Å². The van der Waals surface area contributed by atoms with Gasteiger partial charge in [-0.3, -0.25) is 9.59 Å². The third-order valence-corrected chi connectivity index (χ3v) is 4.00. The SMILES string of the molecule is CC(=O)Nc1ccc(C(=O)NC2CCCCC2CN)cc1. The number of carbonyl (C=O) groups excluding carboxylic acids is 2. The van der Waals surface area contributed by atoms with Crippen LogP contribution in [0.2, 0.25) is 0 Å². The maximum Gasteiger partial charge on any atom is 0.251 e. The first kappa shape index (κ1) is 15.5. The second-order valence-electron chi connectivity index (χ2n) is 5.62. The normalized spacial score (nSPS) is 21.6. The van der Waals surface area contributed by atoms with Gasteiger partial charge in [0.05, 0.1) is 0 Å². The van der Waals surface area contributed by atoms with Crippen molar-refractivity contribution in [3.05, 3.63) is 29.8 Å². The van der Waals surface area contributed by atoms with E-state index in [4.69, 9.17) is 5.73 Å². The highest BCUT2D eigenvalue weighted by Gasteiger charge is 2.25. The second-order valence-corrected chi connectivity index (χ2v) is 5.62. The summed E-state index contributed by atoms with van der Waals surface area (Å²) in [6.07, 6.45) is 4.42. The van der Waals surface area contributed by atoms with Crippen LogP contribution in [-0.4, -0.2) is 24.4 Å². The van der Waals surface area contributed by atoms with Gasteiger partial charge >= 0.3 is 0 Å². The molecule has 0 aromatic heterocycles. The van der Waals surface area contributed by atoms with Gasteiger partial charge in [0.2, 0.25) is 5.91 Å². The summed E-state index contributed by atoms with van der Waals surface area (Å²) in [6.45, 7) is 2.07. The van der Waals surface area contributed by atoms with E-state index >= 15 is 0 Å². The zero-order chi connectivity index (χ0) is 15.2. The van der Waals surface area contributed by atoms with Crippen molar-refractivity contribution in [1.82, 2.24) is 5.32 Å². The van der Waals surface area contributed by atoms with Crippen LogP contribution in [-0.2, 0) is 4.79 Å². The molecule has 4 N–H and O–H groups in total. The van der Waals surface area contributed by atoms with Crippen LogP contribution in [0.15, 0.2) is 24.3 Å². The van der Waals surface area contributed by atoms with Gasteiger partial charge < -0.3 is 16.4 Å². The quantitative estimate of drug-likeness (QED) is 0.791. The Hall–Kier alpha value is -1.88. The molecule has 5 nitrogen and oxygen atoms in total. The first-order valence-electron chi connectivity index (χ1n) is 7.48. The Kier molecular flexibility index (Phi) is 5.33. The van der Waals surface area contributed by atoms with Crippen LogP contribution in [0.1, 0.15) is 43.0 Å². The third-order valence-electron chi connectivity index (χ3n) is 4.00. The molecule has 21 heavy (non-hydrogen) atoms. The number of benzene rings is 1. The fraction of sp³-hybridized carbons (Fsp3) is 0.500. The molecule has 2 unspecified atom stereocenters. The molecule has 114 valence electrons. The van der Waals surface area contributed by atoms with E-state index in [9.17, 15) is 9.59 Å². The summed E-state index contributed by atoms with van der Waals surface area (Å²) in [7, 11) is 0. The molecular weight excluding hydrogens is 266 g/mol. The predicted octanol–water partition coefficient (Wildman–Crippen LogP) is 1.89. The monoisotopic (exact) mass is 289 g/mol. The Labute approximate surface area is 125 Å². The molecule has 0 radical (unpaired) electrons. The molecule has 2 rings (SSSR count). The lowest BCUT2D eigenvalue weighted by Gasteiger charge is -2.31. The number of rotatable bonds is 4. The summed E-state index contributed by atoms with van der Waals surface area (Å²) in [5.74, 6) is 0.177. The predicted molar refractivity (Wildman–Crippen MR) is 83.0 cm³/mol. The molecular formula is C16H23N3O2. The highest BCUT2D eigenvalue weighted by atomic mass is 16.2. The van der Waals surface area contributed by atoms with Crippen LogP contribution in [0.4, 0.5) is 5.69 Å². The number of amides is 2. The second kappa shape index (κ2) is 7.22. The van der Waals surface area contributed by atoms with Gasteiger partial charge in [0.1, 0.15) is 0 Å². The number of hydrogen-bond donors (Lipinski definition) is 3. The Morgan fingerprint density at radius 1 is 1.19 bits per heavy atom. The zero-order valence-corrected chi connectivity index (χ0v) is 12.4. The Morgan fingerprint density at radius 3 is 2.48 bits per heavy atom. The number of hydrogen-bond acceptors (Lipinski definition) is 3. The zero-order valence-electron chi connectivity index (χ0n) is 12.4. The van der Waals surface area contributed by atoms with Crippen molar-refractivity contribution in [2.45, 2.75) is 38.6 Å². The number of nitrogens with two attached hydrogens (primary N) is 1. The minimum absolute atomic E-state index is 0.0743. The van der Waals surface area contributed by atoms with Crippen molar-refractivity contribution in [3.63, 3.8) is 0 Å². The maximum atomic E-state index is 12.3. The lowest BCUT2D eigenvalue weighted by atomic mass is 9.84. The van der Waals surface area contributed by atoms with Crippen LogP contribution in [0.5, 0.6) is 0 Å². The molecule has 5 heteroatoms. The average Bonchev–Trinajstić information content (AvgIpc) is 2.48. The molecule has 1 aromatic carbocycles. The summed E-state index contributed by atoms with van der Waals surface area (Å²) < 4.78 is 0. The van der Waals surface area contributed by atoms with E-state index in [0.29, 0.717) is 23.7 Å². The van der Waals surface area contributed by atoms with Crippen molar-refractivity contribution >= 4 is 17.5 Å². The minimum Gasteiger partial charge on any atom is -0.349 e. The van der Waals surface area contributed by atoms with E-state index in [1.54, 1.807) is 24.3 Å². The first-order chi connectivity index (χ1) is 10.1. The van der Waals surface area contributed by atoms with Crippen molar-refractivity contribution in [2.75, 3.05) is 11.9 Å². The van der Waals surface area contributed by atoms with Gasteiger partial charge in [-0.25, -0.2) is 0 Å². The number of carbonyl (C=O) groups is 2. The lowest BCUT2D eigenvalue weighted by Crippen LogP contribution is -2.44. The highest BCUT2D eigenvalue weighted by Crippen LogP contribution is 2.24. The van der Waals surface area contributed by atoms with Gasteiger partial charge in [-0.15, -0.1) is 0 Å². The van der Waals surface area contributed by atoms with E-state index in [1.165, 1.54) is 13.3 Å². The molecule has 1 aliphatic carbocycles. The van der Waals surface area contributed by atoms with Crippen molar-refractivity contribution < 1.29 is 9.59 Å². The van der Waals surface area contributed by atoms with Gasteiger partial charge in [0.15, 0.2) is 0 Å². The van der Waals surface area contributed by atoms with Crippen LogP contribution >= 0.6 is 0 Å². The summed E-state index contributed by atoms with van der Waals surface area (Å²) in [4.78, 5) is 23.2. The van der Waals surface area contributed by atoms with Gasteiger partial charge in [0.25, 0.3) is 5.91 Å². The summed E-state index contributed by atoms with van der Waals surface area (Å²) in [5.41, 5.74) is 7.08. The highest BCUT2D eigenvalue weighted by molar-refractivity contribution is 5.95. The van der Waals surface area contributed by atoms with E-state index in [1.807, 2.05) is 0 Å². The fourth-order valence-corrected chi connectivity index (χ4v) is 2.84. The molecule has 1 aromatic rings. The molecule has 0 bridgehead atoms. The van der Waals surface area contributed by atoms with E-state index < -0.39 is 0 Å². The Morgan fingerprint density at radius 2 is 1.86 bits per heavy atom. The van der Waals surface area contributed by atoms with Gasteiger partial charge in [-0.2, -0.15) is 0 Å². The number of nitrogens with one attached hydrogen (secondary N) is 2. The van der Waals surface area contributed by atoms with Crippen LogP contribution in [0, 0.1) is 5.92 Å². The molecule has 1 aliphatic rings. The summed E-state index contributed by atoms with van der Waals surface area (Å²) in [5, 5.41) is 5.77. The molecule has 0 spiro atoms. The van der Waals surface area contributed by atoms with E-state index in [-0.39, 0.29) is 17.9 Å². The van der Waals surface area contributed by atoms with Crippen LogP contribution in [0.3, 0.4) is 0 Å². The standard InChI is InChI=1S/C16H23N3O2/c1-11(20)18-14-8-6-12(7-9-14)16(21)19-15-5-3-2-4-13(15)10-17/h6-9,13,15H,2-5,10,17H2,1H3,(H,18,20)(H,19,21). The number of anilines is 1. The fourth-order valence-electron chi connectivity index (χ4n) is 2.84. The molecule has 0 heterocycles. The first-order valence-corrected chi connectivity index (χ1v) is 7.48. The molecule has 2 amide bonds. The van der Waals surface area contributed by atoms with Gasteiger partial charge in [0, 0.05) is 24.2 Å². The topological polar surface area (TPSA) is 84.2 Å². The van der Waals surface area contributed by atoms with E-state index in [2.05, 4.69) is 10.6 Å². The van der Waals surface area contributed by atoms with Gasteiger partial charge in [-0.1, -0.05) is 12.8 Å². The average molecular weight is 289 g/mol. The summed E-state index contributed by atoms with van der Waals surface area (Å²) in [6, 6.07) is 7.09. The summed E-state index contributed by atoms with van der Waals surface area (Å²) >= 11 is 0. The molecule has 0 aliphatic heterocycles. The van der Waals surface area contributed by atoms with Crippen molar-refractivity contribution in [2.24, 2.45) is 11.7 Å². The molecule has 1 saturated carbocycles. The minimum atomic E-state index is -0.125. The smallest absolute Gasteiger partial charge is 0.251 e.